The van der Waals surface area contributed by atoms with Crippen LogP contribution in [0.1, 0.15) is 47.8 Å². The third-order valence-electron chi connectivity index (χ3n) is 5.38. The summed E-state index contributed by atoms with van der Waals surface area (Å²) in [5.74, 6) is 0.108. The molecule has 1 atom stereocenters. The molecule has 0 spiro atoms. The lowest BCUT2D eigenvalue weighted by Gasteiger charge is -2.17. The first-order valence-corrected chi connectivity index (χ1v) is 10.5. The van der Waals surface area contributed by atoms with Gasteiger partial charge >= 0.3 is 12.0 Å². The van der Waals surface area contributed by atoms with Crippen molar-refractivity contribution in [1.29, 1.82) is 0 Å². The second-order valence-corrected chi connectivity index (χ2v) is 7.60. The largest absolute Gasteiger partial charge is 0.481 e. The van der Waals surface area contributed by atoms with Crippen LogP contribution >= 0.6 is 0 Å². The molecule has 2 N–H and O–H groups in total. The van der Waals surface area contributed by atoms with Crippen molar-refractivity contribution in [3.05, 3.63) is 59.3 Å². The van der Waals surface area contributed by atoms with Gasteiger partial charge in [0, 0.05) is 36.4 Å². The zero-order chi connectivity index (χ0) is 21.6. The zero-order valence-electron chi connectivity index (χ0n) is 17.5. The molecule has 0 saturated carbocycles. The summed E-state index contributed by atoms with van der Waals surface area (Å²) in [7, 11) is 1.49. The van der Waals surface area contributed by atoms with Gasteiger partial charge in [-0.2, -0.15) is 5.10 Å². The van der Waals surface area contributed by atoms with Crippen LogP contribution in [0.4, 0.5) is 5.82 Å². The summed E-state index contributed by atoms with van der Waals surface area (Å²) in [5, 5.41) is 17.3. The number of ether oxygens (including phenoxy) is 1. The molecule has 9 nitrogen and oxygen atoms in total. The number of rotatable bonds is 9. The van der Waals surface area contributed by atoms with Crippen LogP contribution in [0.3, 0.4) is 0 Å². The highest BCUT2D eigenvalue weighted by Crippen LogP contribution is 2.23. The Balaban J connectivity index is 1.40. The van der Waals surface area contributed by atoms with Crippen LogP contribution in [0.25, 0.3) is 0 Å². The van der Waals surface area contributed by atoms with Gasteiger partial charge in [-0.25, -0.2) is 15.0 Å². The van der Waals surface area contributed by atoms with E-state index in [0.717, 1.165) is 55.9 Å². The molecule has 31 heavy (non-hydrogen) atoms. The number of carboxylic acid groups (broad SMARTS) is 1. The zero-order valence-corrected chi connectivity index (χ0v) is 17.5. The normalized spacial score (nSPS) is 13.8. The topological polar surface area (TPSA) is 115 Å². The van der Waals surface area contributed by atoms with E-state index in [4.69, 9.17) is 9.72 Å². The molecule has 0 amide bonds. The summed E-state index contributed by atoms with van der Waals surface area (Å²) in [4.78, 5) is 24.3. The number of nitrogens with one attached hydrogen (secondary N) is 1. The maximum absolute atomic E-state index is 11.4. The Kier molecular flexibility index (Phi) is 6.40. The quantitative estimate of drug-likeness (QED) is 0.541. The van der Waals surface area contributed by atoms with E-state index < -0.39 is 12.0 Å². The molecule has 0 radical (unpaired) electrons. The molecule has 0 saturated heterocycles. The Morgan fingerprint density at radius 1 is 1.23 bits per heavy atom. The molecule has 9 heteroatoms. The molecule has 0 fully saturated rings. The lowest BCUT2D eigenvalue weighted by molar-refractivity contribution is -0.137. The van der Waals surface area contributed by atoms with Gasteiger partial charge in [0.05, 0.1) is 25.3 Å². The molecule has 162 valence electrons. The van der Waals surface area contributed by atoms with Crippen LogP contribution < -0.4 is 10.1 Å². The van der Waals surface area contributed by atoms with Gasteiger partial charge < -0.3 is 15.2 Å². The summed E-state index contributed by atoms with van der Waals surface area (Å²) in [6.45, 7) is 0.984. The Bertz CT molecular complexity index is 1030. The average molecular weight is 422 g/mol. The van der Waals surface area contributed by atoms with Crippen molar-refractivity contribution in [1.82, 2.24) is 24.7 Å². The standard InChI is InChI=1S/C22H26N6O3/c1-31-22-24-13-16(14-25-22)19(12-20(29)30)28-11-9-18(27-28)6-2-5-17-8-7-15-4-3-10-23-21(15)26-17/h7-9,11,13-14,19H,2-6,10,12H2,1H3,(H,23,26)(H,29,30)/t19-/m1/s1. The van der Waals surface area contributed by atoms with Crippen LogP contribution in [0.15, 0.2) is 36.8 Å². The predicted molar refractivity (Wildman–Crippen MR) is 114 cm³/mol. The summed E-state index contributed by atoms with van der Waals surface area (Å²) in [6, 6.07) is 5.97. The minimum Gasteiger partial charge on any atom is -0.481 e. The third kappa shape index (κ3) is 5.17. The van der Waals surface area contributed by atoms with Crippen molar-refractivity contribution < 1.29 is 14.6 Å². The molecule has 0 aromatic carbocycles. The van der Waals surface area contributed by atoms with E-state index in [9.17, 15) is 9.90 Å². The van der Waals surface area contributed by atoms with Crippen LogP contribution in [0.2, 0.25) is 0 Å². The molecule has 0 aliphatic carbocycles. The van der Waals surface area contributed by atoms with Gasteiger partial charge in [-0.05, 0) is 49.8 Å². The number of aliphatic carboxylic acids is 1. The molecule has 3 aromatic heterocycles. The van der Waals surface area contributed by atoms with Crippen LogP contribution in [-0.2, 0) is 24.1 Å². The molecule has 1 aliphatic rings. The van der Waals surface area contributed by atoms with E-state index in [2.05, 4.69) is 32.5 Å². The van der Waals surface area contributed by atoms with E-state index >= 15 is 0 Å². The van der Waals surface area contributed by atoms with Crippen LogP contribution in [0.5, 0.6) is 6.01 Å². The van der Waals surface area contributed by atoms with Gasteiger partial charge in [0.25, 0.3) is 0 Å². The number of hydrogen-bond donors (Lipinski definition) is 2. The van der Waals surface area contributed by atoms with Gasteiger partial charge in [-0.15, -0.1) is 0 Å². The van der Waals surface area contributed by atoms with Gasteiger partial charge in [0.15, 0.2) is 0 Å². The van der Waals surface area contributed by atoms with Gasteiger partial charge in [0.1, 0.15) is 5.82 Å². The third-order valence-corrected chi connectivity index (χ3v) is 5.38. The fraction of sp³-hybridized carbons (Fsp3) is 0.409. The first-order chi connectivity index (χ1) is 15.1. The Hall–Kier alpha value is -3.49. The lowest BCUT2D eigenvalue weighted by Crippen LogP contribution is -2.16. The molecule has 4 rings (SSSR count). The summed E-state index contributed by atoms with van der Waals surface area (Å²) >= 11 is 0. The maximum Gasteiger partial charge on any atom is 0.316 e. The highest BCUT2D eigenvalue weighted by Gasteiger charge is 2.20. The average Bonchev–Trinajstić information content (AvgIpc) is 3.26. The van der Waals surface area contributed by atoms with Crippen molar-refractivity contribution in [3.63, 3.8) is 0 Å². The number of hydrogen-bond acceptors (Lipinski definition) is 7. The fourth-order valence-electron chi connectivity index (χ4n) is 3.78. The van der Waals surface area contributed by atoms with Crippen molar-refractivity contribution in [3.8, 4) is 6.01 Å². The minimum atomic E-state index is -0.912. The van der Waals surface area contributed by atoms with E-state index in [1.165, 1.54) is 12.7 Å². The SMILES string of the molecule is COc1ncc([C@@H](CC(=O)O)n2ccc(CCCc3ccc4c(n3)NCCC4)n2)cn1. The van der Waals surface area contributed by atoms with Crippen molar-refractivity contribution in [2.24, 2.45) is 0 Å². The molecular weight excluding hydrogens is 396 g/mol. The van der Waals surface area contributed by atoms with E-state index in [1.807, 2.05) is 12.3 Å². The van der Waals surface area contributed by atoms with Crippen molar-refractivity contribution in [2.45, 2.75) is 44.6 Å². The fourth-order valence-corrected chi connectivity index (χ4v) is 3.78. The van der Waals surface area contributed by atoms with Crippen molar-refractivity contribution in [2.75, 3.05) is 19.0 Å². The number of nitrogens with zero attached hydrogens (tertiary/aromatic N) is 5. The molecule has 0 unspecified atom stereocenters. The molecule has 0 bridgehead atoms. The lowest BCUT2D eigenvalue weighted by atomic mass is 10.1. The second-order valence-electron chi connectivity index (χ2n) is 7.60. The number of carboxylic acids is 1. The number of aromatic nitrogens is 5. The Morgan fingerprint density at radius 2 is 2.03 bits per heavy atom. The highest BCUT2D eigenvalue weighted by molar-refractivity contribution is 5.68. The number of carbonyl (C=O) groups is 1. The predicted octanol–water partition coefficient (Wildman–Crippen LogP) is 2.67. The summed E-state index contributed by atoms with van der Waals surface area (Å²) < 4.78 is 6.66. The smallest absolute Gasteiger partial charge is 0.316 e. The van der Waals surface area contributed by atoms with E-state index in [0.29, 0.717) is 5.56 Å². The van der Waals surface area contributed by atoms with Crippen molar-refractivity contribution >= 4 is 11.8 Å². The van der Waals surface area contributed by atoms with Gasteiger partial charge in [-0.1, -0.05) is 6.07 Å². The van der Waals surface area contributed by atoms with Crippen LogP contribution in [0, 0.1) is 0 Å². The monoisotopic (exact) mass is 422 g/mol. The Labute approximate surface area is 180 Å². The molecular formula is C22H26N6O3. The molecule has 4 heterocycles. The second kappa shape index (κ2) is 9.55. The highest BCUT2D eigenvalue weighted by atomic mass is 16.5. The van der Waals surface area contributed by atoms with Gasteiger partial charge in [0.2, 0.25) is 0 Å². The number of pyridine rings is 1. The summed E-state index contributed by atoms with van der Waals surface area (Å²) in [6.07, 6.45) is 9.68. The molecule has 1 aliphatic heterocycles. The van der Waals surface area contributed by atoms with Gasteiger partial charge in [-0.3, -0.25) is 9.48 Å². The first kappa shape index (κ1) is 20.8. The van der Waals surface area contributed by atoms with Crippen LogP contribution in [-0.4, -0.2) is 49.5 Å². The number of fused-ring (bicyclic) bond motifs is 1. The Morgan fingerprint density at radius 3 is 2.81 bits per heavy atom. The number of aryl methyl sites for hydroxylation is 3. The van der Waals surface area contributed by atoms with E-state index in [1.54, 1.807) is 17.1 Å². The van der Waals surface area contributed by atoms with E-state index in [-0.39, 0.29) is 12.4 Å². The first-order valence-electron chi connectivity index (χ1n) is 10.5. The molecule has 3 aromatic rings. The maximum atomic E-state index is 11.4. The number of anilines is 1. The minimum absolute atomic E-state index is 0.108. The summed E-state index contributed by atoms with van der Waals surface area (Å²) in [5.41, 5.74) is 3.96. The number of methoxy groups -OCH3 is 1.